The zero-order valence-electron chi connectivity index (χ0n) is 7.50. The number of likely N-dealkylation sites (tertiary alicyclic amines) is 1. The van der Waals surface area contributed by atoms with Gasteiger partial charge in [0.25, 0.3) is 0 Å². The molecule has 0 aromatic rings. The fourth-order valence-electron chi connectivity index (χ4n) is 1.59. The van der Waals surface area contributed by atoms with E-state index in [1.165, 1.54) is 0 Å². The van der Waals surface area contributed by atoms with E-state index in [4.69, 9.17) is 10.8 Å². The van der Waals surface area contributed by atoms with Crippen molar-refractivity contribution < 1.29 is 5.11 Å². The van der Waals surface area contributed by atoms with E-state index in [0.29, 0.717) is 19.1 Å². The second kappa shape index (κ2) is 4.60. The lowest BCUT2D eigenvalue weighted by Gasteiger charge is -2.15. The number of hydrogen-bond donors (Lipinski definition) is 2. The van der Waals surface area contributed by atoms with Gasteiger partial charge in [-0.2, -0.15) is 0 Å². The quantitative estimate of drug-likeness (QED) is 0.575. The van der Waals surface area contributed by atoms with Crippen molar-refractivity contribution in [2.75, 3.05) is 32.8 Å². The van der Waals surface area contributed by atoms with Crippen LogP contribution in [0.4, 0.5) is 0 Å². The second-order valence-corrected chi connectivity index (χ2v) is 3.53. The van der Waals surface area contributed by atoms with E-state index < -0.39 is 0 Å². The van der Waals surface area contributed by atoms with Crippen LogP contribution in [0.15, 0.2) is 12.2 Å². The summed E-state index contributed by atoms with van der Waals surface area (Å²) in [4.78, 5) is 2.30. The van der Waals surface area contributed by atoms with Gasteiger partial charge in [-0.15, -0.1) is 0 Å². The molecule has 3 heteroatoms. The largest absolute Gasteiger partial charge is 0.396 e. The van der Waals surface area contributed by atoms with E-state index in [0.717, 1.165) is 31.6 Å². The molecule has 0 saturated carbocycles. The molecule has 1 unspecified atom stereocenters. The SMILES string of the molecule is C=C(CN)CN1CCC(CO)C1. The fourth-order valence-corrected chi connectivity index (χ4v) is 1.59. The van der Waals surface area contributed by atoms with Gasteiger partial charge in [0.05, 0.1) is 0 Å². The van der Waals surface area contributed by atoms with Crippen LogP contribution in [0.3, 0.4) is 0 Å². The molecule has 1 saturated heterocycles. The number of aliphatic hydroxyl groups excluding tert-OH is 1. The van der Waals surface area contributed by atoms with Crippen LogP contribution >= 0.6 is 0 Å². The zero-order valence-corrected chi connectivity index (χ0v) is 7.50. The standard InChI is InChI=1S/C9H18N2O/c1-8(4-10)5-11-3-2-9(6-11)7-12/h9,12H,1-7,10H2. The maximum Gasteiger partial charge on any atom is 0.0471 e. The first-order chi connectivity index (χ1) is 5.76. The lowest BCUT2D eigenvalue weighted by molar-refractivity contribution is 0.224. The molecule has 0 amide bonds. The summed E-state index contributed by atoms with van der Waals surface area (Å²) in [6, 6.07) is 0. The highest BCUT2D eigenvalue weighted by Gasteiger charge is 2.21. The van der Waals surface area contributed by atoms with Gasteiger partial charge in [-0.05, 0) is 24.5 Å². The normalized spacial score (nSPS) is 24.7. The minimum Gasteiger partial charge on any atom is -0.396 e. The van der Waals surface area contributed by atoms with Crippen molar-refractivity contribution in [2.24, 2.45) is 11.7 Å². The first kappa shape index (κ1) is 9.71. The molecule has 0 aromatic carbocycles. The third-order valence-corrected chi connectivity index (χ3v) is 2.36. The molecule has 1 atom stereocenters. The molecule has 1 rings (SSSR count). The fraction of sp³-hybridized carbons (Fsp3) is 0.778. The molecular weight excluding hydrogens is 152 g/mol. The summed E-state index contributed by atoms with van der Waals surface area (Å²) >= 11 is 0. The molecule has 0 aliphatic carbocycles. The van der Waals surface area contributed by atoms with Crippen LogP contribution in [-0.2, 0) is 0 Å². The van der Waals surface area contributed by atoms with Gasteiger partial charge in [-0.1, -0.05) is 6.58 Å². The summed E-state index contributed by atoms with van der Waals surface area (Å²) < 4.78 is 0. The Labute approximate surface area is 73.9 Å². The van der Waals surface area contributed by atoms with Crippen LogP contribution in [0.2, 0.25) is 0 Å². The average molecular weight is 170 g/mol. The van der Waals surface area contributed by atoms with Crippen molar-refractivity contribution in [3.63, 3.8) is 0 Å². The molecular formula is C9H18N2O. The van der Waals surface area contributed by atoms with Crippen LogP contribution in [0, 0.1) is 5.92 Å². The number of rotatable bonds is 4. The maximum atomic E-state index is 8.90. The number of hydrogen-bond acceptors (Lipinski definition) is 3. The van der Waals surface area contributed by atoms with Gasteiger partial charge in [0.15, 0.2) is 0 Å². The number of nitrogens with zero attached hydrogens (tertiary/aromatic N) is 1. The van der Waals surface area contributed by atoms with Gasteiger partial charge in [-0.25, -0.2) is 0 Å². The van der Waals surface area contributed by atoms with Crippen LogP contribution in [0.5, 0.6) is 0 Å². The van der Waals surface area contributed by atoms with Crippen molar-refractivity contribution >= 4 is 0 Å². The van der Waals surface area contributed by atoms with Gasteiger partial charge < -0.3 is 10.8 Å². The van der Waals surface area contributed by atoms with Crippen molar-refractivity contribution in [1.82, 2.24) is 4.90 Å². The summed E-state index contributed by atoms with van der Waals surface area (Å²) in [6.45, 7) is 7.70. The van der Waals surface area contributed by atoms with Gasteiger partial charge in [0.1, 0.15) is 0 Å². The highest BCUT2D eigenvalue weighted by atomic mass is 16.3. The molecule has 1 aliphatic rings. The van der Waals surface area contributed by atoms with Gasteiger partial charge in [-0.3, -0.25) is 4.90 Å². The molecule has 0 spiro atoms. The Morgan fingerprint density at radius 2 is 2.42 bits per heavy atom. The smallest absolute Gasteiger partial charge is 0.0471 e. The first-order valence-corrected chi connectivity index (χ1v) is 4.46. The van der Waals surface area contributed by atoms with Gasteiger partial charge in [0, 0.05) is 26.2 Å². The molecule has 1 heterocycles. The van der Waals surface area contributed by atoms with Crippen LogP contribution in [0.1, 0.15) is 6.42 Å². The zero-order chi connectivity index (χ0) is 8.97. The molecule has 0 aromatic heterocycles. The molecule has 0 radical (unpaired) electrons. The van der Waals surface area contributed by atoms with Crippen LogP contribution in [-0.4, -0.2) is 42.8 Å². The minimum absolute atomic E-state index is 0.311. The maximum absolute atomic E-state index is 8.90. The molecule has 3 N–H and O–H groups in total. The van der Waals surface area contributed by atoms with E-state index in [9.17, 15) is 0 Å². The Hall–Kier alpha value is -0.380. The third kappa shape index (κ3) is 2.59. The highest BCUT2D eigenvalue weighted by Crippen LogP contribution is 2.15. The number of nitrogens with two attached hydrogens (primary N) is 1. The van der Waals surface area contributed by atoms with Crippen molar-refractivity contribution in [2.45, 2.75) is 6.42 Å². The van der Waals surface area contributed by atoms with E-state index in [1.807, 2.05) is 0 Å². The Balaban J connectivity index is 2.23. The molecule has 1 fully saturated rings. The van der Waals surface area contributed by atoms with Crippen LogP contribution < -0.4 is 5.73 Å². The molecule has 70 valence electrons. The van der Waals surface area contributed by atoms with E-state index in [1.54, 1.807) is 0 Å². The van der Waals surface area contributed by atoms with Gasteiger partial charge in [0.2, 0.25) is 0 Å². The highest BCUT2D eigenvalue weighted by molar-refractivity contribution is 4.99. The predicted octanol–water partition coefficient (Wildman–Crippen LogP) is -0.184. The van der Waals surface area contributed by atoms with Crippen molar-refractivity contribution in [1.29, 1.82) is 0 Å². The Morgan fingerprint density at radius 1 is 1.67 bits per heavy atom. The topological polar surface area (TPSA) is 49.5 Å². The first-order valence-electron chi connectivity index (χ1n) is 4.46. The summed E-state index contributed by atoms with van der Waals surface area (Å²) in [5.41, 5.74) is 6.52. The molecule has 1 aliphatic heterocycles. The minimum atomic E-state index is 0.311. The lowest BCUT2D eigenvalue weighted by Crippen LogP contribution is -2.25. The van der Waals surface area contributed by atoms with Gasteiger partial charge >= 0.3 is 0 Å². The summed E-state index contributed by atoms with van der Waals surface area (Å²) in [5.74, 6) is 0.468. The lowest BCUT2D eigenvalue weighted by atomic mass is 10.1. The summed E-state index contributed by atoms with van der Waals surface area (Å²) in [6.07, 6.45) is 1.11. The number of aliphatic hydroxyl groups is 1. The van der Waals surface area contributed by atoms with Crippen molar-refractivity contribution in [3.05, 3.63) is 12.2 Å². The van der Waals surface area contributed by atoms with E-state index >= 15 is 0 Å². The van der Waals surface area contributed by atoms with Crippen molar-refractivity contribution in [3.8, 4) is 0 Å². The average Bonchev–Trinajstić information content (AvgIpc) is 2.52. The second-order valence-electron chi connectivity index (χ2n) is 3.53. The Bertz CT molecular complexity index is 159. The molecule has 0 bridgehead atoms. The van der Waals surface area contributed by atoms with E-state index in [2.05, 4.69) is 11.5 Å². The van der Waals surface area contributed by atoms with Crippen LogP contribution in [0.25, 0.3) is 0 Å². The monoisotopic (exact) mass is 170 g/mol. The van der Waals surface area contributed by atoms with E-state index in [-0.39, 0.29) is 0 Å². The molecule has 3 nitrogen and oxygen atoms in total. The predicted molar refractivity (Wildman–Crippen MR) is 49.8 cm³/mol. The Kier molecular flexibility index (Phi) is 3.72. The summed E-state index contributed by atoms with van der Waals surface area (Å²) in [5, 5.41) is 8.90. The third-order valence-electron chi connectivity index (χ3n) is 2.36. The Morgan fingerprint density at radius 3 is 2.92 bits per heavy atom. The summed E-state index contributed by atoms with van der Waals surface area (Å²) in [7, 11) is 0. The molecule has 12 heavy (non-hydrogen) atoms.